The van der Waals surface area contributed by atoms with Crippen molar-refractivity contribution in [2.45, 2.75) is 18.5 Å². The monoisotopic (exact) mass is 424 g/mol. The molecule has 0 atom stereocenters. The van der Waals surface area contributed by atoms with E-state index >= 15 is 0 Å². The van der Waals surface area contributed by atoms with E-state index in [0.717, 1.165) is 36.1 Å². The summed E-state index contributed by atoms with van der Waals surface area (Å²) in [5.41, 5.74) is 2.20. The van der Waals surface area contributed by atoms with Crippen molar-refractivity contribution in [3.63, 3.8) is 0 Å². The first-order valence-corrected chi connectivity index (χ1v) is 11.1. The van der Waals surface area contributed by atoms with Crippen LogP contribution in [0.2, 0.25) is 0 Å². The predicted octanol–water partition coefficient (Wildman–Crippen LogP) is 4.01. The minimum absolute atomic E-state index is 0.0204. The van der Waals surface area contributed by atoms with Gasteiger partial charge in [0.25, 0.3) is 0 Å². The molecule has 1 heterocycles. The second-order valence-electron chi connectivity index (χ2n) is 6.69. The van der Waals surface area contributed by atoms with Gasteiger partial charge >= 0.3 is 0 Å². The molecule has 0 aliphatic rings. The van der Waals surface area contributed by atoms with Gasteiger partial charge in [0.05, 0.1) is 12.9 Å². The summed E-state index contributed by atoms with van der Waals surface area (Å²) >= 11 is 1.43. The van der Waals surface area contributed by atoms with E-state index in [2.05, 4.69) is 34.3 Å². The summed E-state index contributed by atoms with van der Waals surface area (Å²) in [6.45, 7) is 4.67. The molecule has 3 rings (SSSR count). The summed E-state index contributed by atoms with van der Waals surface area (Å²) < 4.78 is 7.17. The van der Waals surface area contributed by atoms with Crippen molar-refractivity contribution in [2.24, 2.45) is 0 Å². The maximum atomic E-state index is 12.3. The van der Waals surface area contributed by atoms with Crippen LogP contribution in [0.25, 0.3) is 5.69 Å². The van der Waals surface area contributed by atoms with E-state index < -0.39 is 0 Å². The molecule has 0 saturated heterocycles. The van der Waals surface area contributed by atoms with Crippen LogP contribution in [0, 0.1) is 0 Å². The summed E-state index contributed by atoms with van der Waals surface area (Å²) in [5, 5.41) is 3.80. The molecule has 0 spiro atoms. The third-order valence-corrected chi connectivity index (χ3v) is 5.69. The van der Waals surface area contributed by atoms with E-state index in [4.69, 9.17) is 4.74 Å². The normalized spacial score (nSPS) is 10.6. The summed E-state index contributed by atoms with van der Waals surface area (Å²) in [6, 6.07) is 18.1. The number of ether oxygens (including phenoxy) is 1. The van der Waals surface area contributed by atoms with Crippen LogP contribution in [0.3, 0.4) is 0 Å². The fourth-order valence-electron chi connectivity index (χ4n) is 3.12. The van der Waals surface area contributed by atoms with Gasteiger partial charge in [-0.25, -0.2) is 4.98 Å². The number of carbonyl (C=O) groups is 1. The van der Waals surface area contributed by atoms with Crippen molar-refractivity contribution >= 4 is 23.4 Å². The number of carbonyl (C=O) groups excluding carboxylic acids is 1. The molecular weight excluding hydrogens is 396 g/mol. The van der Waals surface area contributed by atoms with E-state index in [0.29, 0.717) is 12.3 Å². The van der Waals surface area contributed by atoms with Gasteiger partial charge in [-0.3, -0.25) is 9.36 Å². The van der Waals surface area contributed by atoms with Gasteiger partial charge in [-0.15, -0.1) is 0 Å². The van der Waals surface area contributed by atoms with Crippen LogP contribution in [0.4, 0.5) is 5.69 Å². The molecule has 0 unspecified atom stereocenters. The first-order valence-electron chi connectivity index (χ1n) is 10.1. The van der Waals surface area contributed by atoms with E-state index in [9.17, 15) is 4.79 Å². The van der Waals surface area contributed by atoms with E-state index in [-0.39, 0.29) is 5.91 Å². The van der Waals surface area contributed by atoms with Gasteiger partial charge in [0.15, 0.2) is 5.16 Å². The zero-order chi connectivity index (χ0) is 21.2. The smallest absolute Gasteiger partial charge is 0.230 e. The number of para-hydroxylation sites is 1. The zero-order valence-electron chi connectivity index (χ0n) is 17.5. The van der Waals surface area contributed by atoms with Crippen molar-refractivity contribution in [1.82, 2.24) is 14.9 Å². The van der Waals surface area contributed by atoms with Gasteiger partial charge in [-0.05, 0) is 49.7 Å². The van der Waals surface area contributed by atoms with Gasteiger partial charge in [-0.1, -0.05) is 30.0 Å². The number of methoxy groups -OCH3 is 1. The lowest BCUT2D eigenvalue weighted by molar-refractivity contribution is -0.118. The average Bonchev–Trinajstić information content (AvgIpc) is 3.27. The lowest BCUT2D eigenvalue weighted by Crippen LogP contribution is -2.30. The van der Waals surface area contributed by atoms with Crippen LogP contribution in [-0.4, -0.2) is 48.0 Å². The van der Waals surface area contributed by atoms with Crippen LogP contribution >= 0.6 is 11.8 Å². The van der Waals surface area contributed by atoms with Crippen molar-refractivity contribution in [1.29, 1.82) is 0 Å². The average molecular weight is 425 g/mol. The molecule has 0 aliphatic carbocycles. The lowest BCUT2D eigenvalue weighted by Gasteiger charge is -2.23. The Balaban J connectivity index is 1.42. The standard InChI is InChI=1S/C23H28N4O2S/c1-3-26(19-8-5-4-6-9-19)16-7-14-24-22(28)18-30-23-25-15-17-27(23)20-10-12-21(29-2)13-11-20/h4-6,8-13,15,17H,3,7,14,16,18H2,1-2H3,(H,24,28). The van der Waals surface area contributed by atoms with Gasteiger partial charge in [0, 0.05) is 43.4 Å². The number of anilines is 1. The van der Waals surface area contributed by atoms with Crippen molar-refractivity contribution in [2.75, 3.05) is 37.4 Å². The number of aromatic nitrogens is 2. The molecule has 3 aromatic rings. The highest BCUT2D eigenvalue weighted by atomic mass is 32.2. The van der Waals surface area contributed by atoms with Crippen LogP contribution in [0.5, 0.6) is 5.75 Å². The van der Waals surface area contributed by atoms with Crippen molar-refractivity contribution in [3.8, 4) is 11.4 Å². The summed E-state index contributed by atoms with van der Waals surface area (Å²) in [5.74, 6) is 1.16. The molecule has 158 valence electrons. The van der Waals surface area contributed by atoms with Gasteiger partial charge < -0.3 is 15.0 Å². The fourth-order valence-corrected chi connectivity index (χ4v) is 3.93. The minimum atomic E-state index is 0.0204. The molecule has 1 aromatic heterocycles. The molecule has 0 aliphatic heterocycles. The van der Waals surface area contributed by atoms with Gasteiger partial charge in [-0.2, -0.15) is 0 Å². The first-order chi connectivity index (χ1) is 14.7. The quantitative estimate of drug-likeness (QED) is 0.372. The van der Waals surface area contributed by atoms with Crippen LogP contribution in [0.15, 0.2) is 72.1 Å². The SMILES string of the molecule is CCN(CCCNC(=O)CSc1nccn1-c1ccc(OC)cc1)c1ccccc1. The third-order valence-electron chi connectivity index (χ3n) is 4.72. The maximum Gasteiger partial charge on any atom is 0.230 e. The van der Waals surface area contributed by atoms with Crippen LogP contribution in [-0.2, 0) is 4.79 Å². The maximum absolute atomic E-state index is 12.3. The summed E-state index contributed by atoms with van der Waals surface area (Å²) in [4.78, 5) is 18.9. The molecule has 0 radical (unpaired) electrons. The number of hydrogen-bond acceptors (Lipinski definition) is 5. The number of imidazole rings is 1. The summed E-state index contributed by atoms with van der Waals surface area (Å²) in [7, 11) is 1.65. The topological polar surface area (TPSA) is 59.4 Å². The number of nitrogens with zero attached hydrogens (tertiary/aromatic N) is 3. The van der Waals surface area contributed by atoms with E-state index in [1.165, 1.54) is 17.4 Å². The molecular formula is C23H28N4O2S. The Labute approximate surface area is 182 Å². The Bertz CT molecular complexity index is 912. The molecule has 1 amide bonds. The highest BCUT2D eigenvalue weighted by Crippen LogP contribution is 2.22. The fraction of sp³-hybridized carbons (Fsp3) is 0.304. The van der Waals surface area contributed by atoms with Gasteiger partial charge in [0.1, 0.15) is 5.75 Å². The highest BCUT2D eigenvalue weighted by molar-refractivity contribution is 7.99. The Kier molecular flexibility index (Phi) is 8.20. The van der Waals surface area contributed by atoms with E-state index in [1.807, 2.05) is 53.2 Å². The third kappa shape index (κ3) is 6.03. The van der Waals surface area contributed by atoms with Crippen molar-refractivity contribution in [3.05, 3.63) is 67.0 Å². The summed E-state index contributed by atoms with van der Waals surface area (Å²) in [6.07, 6.45) is 4.54. The molecule has 6 nitrogen and oxygen atoms in total. The molecule has 0 bridgehead atoms. The molecule has 30 heavy (non-hydrogen) atoms. The Hall–Kier alpha value is -2.93. The minimum Gasteiger partial charge on any atom is -0.497 e. The molecule has 0 saturated carbocycles. The largest absolute Gasteiger partial charge is 0.497 e. The second-order valence-corrected chi connectivity index (χ2v) is 7.63. The lowest BCUT2D eigenvalue weighted by atomic mass is 10.2. The molecule has 2 aromatic carbocycles. The first kappa shape index (κ1) is 21.8. The number of amides is 1. The zero-order valence-corrected chi connectivity index (χ0v) is 18.3. The second kappa shape index (κ2) is 11.3. The molecule has 7 heteroatoms. The van der Waals surface area contributed by atoms with E-state index in [1.54, 1.807) is 13.3 Å². The number of nitrogens with one attached hydrogen (secondary N) is 1. The Morgan fingerprint density at radius 3 is 2.63 bits per heavy atom. The van der Waals surface area contributed by atoms with Gasteiger partial charge in [0.2, 0.25) is 5.91 Å². The van der Waals surface area contributed by atoms with Crippen LogP contribution < -0.4 is 15.0 Å². The molecule has 0 fully saturated rings. The Morgan fingerprint density at radius 1 is 1.17 bits per heavy atom. The number of benzene rings is 2. The molecule has 1 N–H and O–H groups in total. The predicted molar refractivity (Wildman–Crippen MR) is 123 cm³/mol. The number of rotatable bonds is 11. The Morgan fingerprint density at radius 2 is 1.93 bits per heavy atom. The highest BCUT2D eigenvalue weighted by Gasteiger charge is 2.10. The van der Waals surface area contributed by atoms with Crippen LogP contribution in [0.1, 0.15) is 13.3 Å². The van der Waals surface area contributed by atoms with Crippen molar-refractivity contribution < 1.29 is 9.53 Å². The number of hydrogen-bond donors (Lipinski definition) is 1. The number of thioether (sulfide) groups is 1.